The number of aryl methyl sites for hydroxylation is 3. The third-order valence-electron chi connectivity index (χ3n) is 3.46. The van der Waals surface area contributed by atoms with Crippen LogP contribution < -0.4 is 0 Å². The van der Waals surface area contributed by atoms with Crippen LogP contribution in [0.15, 0.2) is 30.7 Å². The van der Waals surface area contributed by atoms with Crippen LogP contribution in [0.2, 0.25) is 5.15 Å². The Bertz CT molecular complexity index is 774. The molecule has 2 aromatic heterocycles. The third-order valence-corrected chi connectivity index (χ3v) is 3.67. The lowest BCUT2D eigenvalue weighted by Gasteiger charge is -2.09. The van der Waals surface area contributed by atoms with E-state index in [9.17, 15) is 0 Å². The molecule has 0 aliphatic heterocycles. The molecule has 3 nitrogen and oxygen atoms in total. The zero-order chi connectivity index (χ0) is 13.6. The van der Waals surface area contributed by atoms with Crippen LogP contribution in [0.25, 0.3) is 16.7 Å². The van der Waals surface area contributed by atoms with Gasteiger partial charge in [-0.15, -0.1) is 0 Å². The predicted molar refractivity (Wildman–Crippen MR) is 78.1 cm³/mol. The summed E-state index contributed by atoms with van der Waals surface area (Å²) in [6, 6.07) is 6.14. The van der Waals surface area contributed by atoms with Gasteiger partial charge in [0, 0.05) is 6.20 Å². The van der Waals surface area contributed by atoms with Crippen molar-refractivity contribution < 1.29 is 0 Å². The van der Waals surface area contributed by atoms with E-state index in [0.717, 1.165) is 22.3 Å². The van der Waals surface area contributed by atoms with Gasteiger partial charge in [0.1, 0.15) is 11.5 Å². The quantitative estimate of drug-likeness (QED) is 0.626. The van der Waals surface area contributed by atoms with Crippen molar-refractivity contribution in [1.29, 1.82) is 0 Å². The van der Waals surface area contributed by atoms with Crippen molar-refractivity contribution in [3.05, 3.63) is 52.6 Å². The topological polar surface area (TPSA) is 30.7 Å². The summed E-state index contributed by atoms with van der Waals surface area (Å²) in [4.78, 5) is 8.56. The van der Waals surface area contributed by atoms with Crippen LogP contribution in [0.1, 0.15) is 16.7 Å². The van der Waals surface area contributed by atoms with Crippen LogP contribution in [0.3, 0.4) is 0 Å². The van der Waals surface area contributed by atoms with Gasteiger partial charge in [-0.3, -0.25) is 4.57 Å². The Labute approximate surface area is 116 Å². The first kappa shape index (κ1) is 12.2. The number of imidazole rings is 1. The second-order valence-corrected chi connectivity index (χ2v) is 5.22. The first-order chi connectivity index (χ1) is 9.06. The van der Waals surface area contributed by atoms with Gasteiger partial charge in [-0.2, -0.15) is 0 Å². The van der Waals surface area contributed by atoms with Crippen molar-refractivity contribution in [1.82, 2.24) is 14.5 Å². The van der Waals surface area contributed by atoms with Gasteiger partial charge in [0.05, 0.1) is 16.7 Å². The molecule has 96 valence electrons. The van der Waals surface area contributed by atoms with Crippen LogP contribution in [0.5, 0.6) is 0 Å². The number of hydrogen-bond donors (Lipinski definition) is 0. The molecule has 0 fully saturated rings. The molecule has 0 saturated carbocycles. The lowest BCUT2D eigenvalue weighted by molar-refractivity contribution is 1.06. The summed E-state index contributed by atoms with van der Waals surface area (Å²) in [5, 5.41) is 0.492. The SMILES string of the molecule is Cc1cc2ncn(-c3cc(Cl)ncc3C)c2cc1C. The lowest BCUT2D eigenvalue weighted by Crippen LogP contribution is -1.97. The van der Waals surface area contributed by atoms with Gasteiger partial charge in [-0.25, -0.2) is 9.97 Å². The molecule has 3 aromatic rings. The maximum Gasteiger partial charge on any atom is 0.131 e. The van der Waals surface area contributed by atoms with Gasteiger partial charge in [-0.1, -0.05) is 11.6 Å². The molecule has 0 aliphatic carbocycles. The van der Waals surface area contributed by atoms with Crippen molar-refractivity contribution in [3.63, 3.8) is 0 Å². The minimum absolute atomic E-state index is 0.492. The highest BCUT2D eigenvalue weighted by molar-refractivity contribution is 6.29. The van der Waals surface area contributed by atoms with E-state index in [1.807, 2.05) is 19.3 Å². The first-order valence-corrected chi connectivity index (χ1v) is 6.51. The minimum Gasteiger partial charge on any atom is -0.298 e. The summed E-state index contributed by atoms with van der Waals surface area (Å²) in [7, 11) is 0. The fourth-order valence-electron chi connectivity index (χ4n) is 2.20. The second kappa shape index (κ2) is 4.35. The highest BCUT2D eigenvalue weighted by atomic mass is 35.5. The largest absolute Gasteiger partial charge is 0.298 e. The summed E-state index contributed by atoms with van der Waals surface area (Å²) >= 11 is 6.00. The summed E-state index contributed by atoms with van der Waals surface area (Å²) in [6.07, 6.45) is 3.62. The monoisotopic (exact) mass is 271 g/mol. The molecule has 0 spiro atoms. The Morgan fingerprint density at radius 3 is 2.47 bits per heavy atom. The molecule has 0 unspecified atom stereocenters. The van der Waals surface area contributed by atoms with E-state index in [-0.39, 0.29) is 0 Å². The lowest BCUT2D eigenvalue weighted by atomic mass is 10.1. The molecule has 4 heteroatoms. The number of pyridine rings is 1. The van der Waals surface area contributed by atoms with Crippen LogP contribution in [-0.4, -0.2) is 14.5 Å². The predicted octanol–water partition coefficient (Wildman–Crippen LogP) is 4.00. The van der Waals surface area contributed by atoms with Gasteiger partial charge in [0.2, 0.25) is 0 Å². The number of nitrogens with zero attached hydrogens (tertiary/aromatic N) is 3. The van der Waals surface area contributed by atoms with Gasteiger partial charge in [0.25, 0.3) is 0 Å². The van der Waals surface area contributed by atoms with E-state index in [1.54, 1.807) is 6.20 Å². The molecule has 19 heavy (non-hydrogen) atoms. The fraction of sp³-hybridized carbons (Fsp3) is 0.200. The van der Waals surface area contributed by atoms with E-state index in [1.165, 1.54) is 11.1 Å². The number of rotatable bonds is 1. The molecule has 0 bridgehead atoms. The molecular weight excluding hydrogens is 258 g/mol. The van der Waals surface area contributed by atoms with E-state index < -0.39 is 0 Å². The highest BCUT2D eigenvalue weighted by Gasteiger charge is 2.09. The van der Waals surface area contributed by atoms with E-state index >= 15 is 0 Å². The maximum atomic E-state index is 6.00. The summed E-state index contributed by atoms with van der Waals surface area (Å²) in [5.41, 5.74) is 6.69. The molecule has 0 aliphatic rings. The number of hydrogen-bond acceptors (Lipinski definition) is 2. The second-order valence-electron chi connectivity index (χ2n) is 4.83. The van der Waals surface area contributed by atoms with Gasteiger partial charge >= 0.3 is 0 Å². The van der Waals surface area contributed by atoms with Crippen LogP contribution in [-0.2, 0) is 0 Å². The van der Waals surface area contributed by atoms with Gasteiger partial charge < -0.3 is 0 Å². The van der Waals surface area contributed by atoms with E-state index in [4.69, 9.17) is 11.6 Å². The van der Waals surface area contributed by atoms with Gasteiger partial charge in [0.15, 0.2) is 0 Å². The summed E-state index contributed by atoms with van der Waals surface area (Å²) in [6.45, 7) is 6.23. The Hall–Kier alpha value is -1.87. The zero-order valence-electron chi connectivity index (χ0n) is 11.1. The summed E-state index contributed by atoms with van der Waals surface area (Å²) in [5.74, 6) is 0. The van der Waals surface area contributed by atoms with Crippen LogP contribution >= 0.6 is 11.6 Å². The fourth-order valence-corrected chi connectivity index (χ4v) is 2.36. The highest BCUT2D eigenvalue weighted by Crippen LogP contribution is 2.24. The molecule has 0 radical (unpaired) electrons. The molecular formula is C15H14ClN3. The van der Waals surface area contributed by atoms with Crippen molar-refractivity contribution in [2.24, 2.45) is 0 Å². The normalized spacial score (nSPS) is 11.2. The van der Waals surface area contributed by atoms with E-state index in [2.05, 4.69) is 40.5 Å². The molecule has 2 heterocycles. The molecule has 1 aromatic carbocycles. The Morgan fingerprint density at radius 1 is 0.947 bits per heavy atom. The van der Waals surface area contributed by atoms with E-state index in [0.29, 0.717) is 5.15 Å². The van der Waals surface area contributed by atoms with Crippen molar-refractivity contribution in [2.75, 3.05) is 0 Å². The standard InChI is InChI=1S/C15H14ClN3/c1-9-4-12-14(5-10(9)2)19(8-18-12)13-6-15(16)17-7-11(13)3/h4-8H,1-3H3. The van der Waals surface area contributed by atoms with Gasteiger partial charge in [-0.05, 0) is 55.7 Å². The average molecular weight is 272 g/mol. The molecule has 0 saturated heterocycles. The van der Waals surface area contributed by atoms with Crippen molar-refractivity contribution in [2.45, 2.75) is 20.8 Å². The maximum absolute atomic E-state index is 6.00. The molecule has 0 atom stereocenters. The number of fused-ring (bicyclic) bond motifs is 1. The molecule has 0 amide bonds. The number of aromatic nitrogens is 3. The van der Waals surface area contributed by atoms with Crippen molar-refractivity contribution in [3.8, 4) is 5.69 Å². The Balaban J connectivity index is 2.31. The minimum atomic E-state index is 0.492. The zero-order valence-corrected chi connectivity index (χ0v) is 11.9. The summed E-state index contributed by atoms with van der Waals surface area (Å²) < 4.78 is 2.06. The third kappa shape index (κ3) is 2.00. The number of halogens is 1. The molecule has 3 rings (SSSR count). The first-order valence-electron chi connectivity index (χ1n) is 6.13. The molecule has 0 N–H and O–H groups in total. The van der Waals surface area contributed by atoms with Crippen molar-refractivity contribution >= 4 is 22.6 Å². The average Bonchev–Trinajstić information content (AvgIpc) is 2.76. The van der Waals surface area contributed by atoms with Crippen LogP contribution in [0.4, 0.5) is 0 Å². The Morgan fingerprint density at radius 2 is 1.68 bits per heavy atom. The van der Waals surface area contributed by atoms with Crippen LogP contribution in [0, 0.1) is 20.8 Å². The number of benzene rings is 1. The Kier molecular flexibility index (Phi) is 2.79. The smallest absolute Gasteiger partial charge is 0.131 e.